The van der Waals surface area contributed by atoms with E-state index in [0.717, 1.165) is 5.39 Å². The fourth-order valence-electron chi connectivity index (χ4n) is 2.29. The molecule has 24 heavy (non-hydrogen) atoms. The molecule has 0 aliphatic rings. The molecule has 2 amide bonds. The van der Waals surface area contributed by atoms with Gasteiger partial charge in [-0.1, -0.05) is 23.4 Å². The first-order valence-electron chi connectivity index (χ1n) is 7.66. The smallest absolute Gasteiger partial charge is 0.261 e. The lowest BCUT2D eigenvalue weighted by atomic mass is 10.1. The predicted octanol–water partition coefficient (Wildman–Crippen LogP) is 2.37. The first kappa shape index (κ1) is 16.2. The van der Waals surface area contributed by atoms with Crippen LogP contribution >= 0.6 is 11.3 Å². The van der Waals surface area contributed by atoms with Crippen molar-refractivity contribution in [2.45, 2.75) is 12.8 Å². The number of hydrogen-bond donors (Lipinski definition) is 2. The Bertz CT molecular complexity index is 827. The number of aromatic nitrogens is 1. The highest BCUT2D eigenvalue weighted by molar-refractivity contribution is 7.12. The number of carbonyl (C=O) groups is 2. The van der Waals surface area contributed by atoms with Crippen LogP contribution in [0.2, 0.25) is 0 Å². The topological polar surface area (TPSA) is 84.2 Å². The Balaban J connectivity index is 1.38. The zero-order valence-corrected chi connectivity index (χ0v) is 13.8. The van der Waals surface area contributed by atoms with Crippen LogP contribution in [-0.4, -0.2) is 30.1 Å². The van der Waals surface area contributed by atoms with Gasteiger partial charge >= 0.3 is 0 Å². The molecule has 2 N–H and O–H groups in total. The minimum atomic E-state index is -0.112. The largest absolute Gasteiger partial charge is 0.356 e. The molecular formula is C17H17N3O3S. The Labute approximate surface area is 142 Å². The molecule has 0 aliphatic carbocycles. The molecule has 124 valence electrons. The third-order valence-electron chi connectivity index (χ3n) is 3.49. The molecule has 0 unspecified atom stereocenters. The highest BCUT2D eigenvalue weighted by atomic mass is 32.1. The van der Waals surface area contributed by atoms with Gasteiger partial charge in [0, 0.05) is 18.5 Å². The molecule has 0 radical (unpaired) electrons. The van der Waals surface area contributed by atoms with Crippen molar-refractivity contribution in [3.8, 4) is 0 Å². The van der Waals surface area contributed by atoms with Gasteiger partial charge in [0.15, 0.2) is 5.58 Å². The molecule has 1 aromatic carbocycles. The summed E-state index contributed by atoms with van der Waals surface area (Å²) in [6, 6.07) is 11.1. The zero-order chi connectivity index (χ0) is 16.8. The highest BCUT2D eigenvalue weighted by Crippen LogP contribution is 2.17. The summed E-state index contributed by atoms with van der Waals surface area (Å²) >= 11 is 1.41. The van der Waals surface area contributed by atoms with Crippen molar-refractivity contribution >= 4 is 34.1 Å². The average Bonchev–Trinajstić information content (AvgIpc) is 3.25. The Morgan fingerprint density at radius 3 is 2.75 bits per heavy atom. The molecule has 7 heteroatoms. The molecule has 2 aromatic heterocycles. The van der Waals surface area contributed by atoms with E-state index in [2.05, 4.69) is 15.8 Å². The average molecular weight is 343 g/mol. The van der Waals surface area contributed by atoms with Gasteiger partial charge in [0.2, 0.25) is 5.91 Å². The van der Waals surface area contributed by atoms with E-state index in [4.69, 9.17) is 4.52 Å². The molecule has 0 spiro atoms. The van der Waals surface area contributed by atoms with Crippen molar-refractivity contribution in [1.82, 2.24) is 15.8 Å². The fraction of sp³-hybridized carbons (Fsp3) is 0.235. The van der Waals surface area contributed by atoms with Crippen LogP contribution in [0.1, 0.15) is 21.8 Å². The number of fused-ring (bicyclic) bond motifs is 1. The zero-order valence-electron chi connectivity index (χ0n) is 13.0. The molecule has 0 aliphatic heterocycles. The lowest BCUT2D eigenvalue weighted by Crippen LogP contribution is -2.30. The standard InChI is InChI=1S/C17H17N3O3S/c21-16(11-13-12-5-1-2-6-14(12)23-20-13)18-8-4-9-19-17(22)15-7-3-10-24-15/h1-3,5-7,10H,4,8-9,11H2,(H,18,21)(H,19,22). The van der Waals surface area contributed by atoms with Crippen LogP contribution in [0.25, 0.3) is 11.0 Å². The molecule has 0 saturated carbocycles. The van der Waals surface area contributed by atoms with Gasteiger partial charge < -0.3 is 15.2 Å². The molecular weight excluding hydrogens is 326 g/mol. The first-order chi connectivity index (χ1) is 11.7. The van der Waals surface area contributed by atoms with Crippen molar-refractivity contribution in [3.63, 3.8) is 0 Å². The summed E-state index contributed by atoms with van der Waals surface area (Å²) in [7, 11) is 0. The molecule has 2 heterocycles. The van der Waals surface area contributed by atoms with Crippen LogP contribution in [0.3, 0.4) is 0 Å². The van der Waals surface area contributed by atoms with Gasteiger partial charge in [0.05, 0.1) is 11.3 Å². The van der Waals surface area contributed by atoms with E-state index >= 15 is 0 Å². The fourth-order valence-corrected chi connectivity index (χ4v) is 2.93. The number of nitrogens with one attached hydrogen (secondary N) is 2. The quantitative estimate of drug-likeness (QED) is 0.645. The molecule has 0 fully saturated rings. The number of amides is 2. The van der Waals surface area contributed by atoms with E-state index in [-0.39, 0.29) is 18.2 Å². The molecule has 3 rings (SSSR count). The minimum absolute atomic E-state index is 0.0783. The van der Waals surface area contributed by atoms with Crippen LogP contribution in [0.5, 0.6) is 0 Å². The van der Waals surface area contributed by atoms with Crippen molar-refractivity contribution in [2.75, 3.05) is 13.1 Å². The van der Waals surface area contributed by atoms with E-state index in [1.165, 1.54) is 11.3 Å². The number of rotatable bonds is 7. The molecule has 0 bridgehead atoms. The van der Waals surface area contributed by atoms with Crippen LogP contribution in [0.4, 0.5) is 0 Å². The Morgan fingerprint density at radius 1 is 1.08 bits per heavy atom. The van der Waals surface area contributed by atoms with Gasteiger partial charge in [-0.25, -0.2) is 0 Å². The predicted molar refractivity (Wildman–Crippen MR) is 92.0 cm³/mol. The van der Waals surface area contributed by atoms with Gasteiger partial charge in [-0.3, -0.25) is 9.59 Å². The van der Waals surface area contributed by atoms with E-state index in [9.17, 15) is 9.59 Å². The van der Waals surface area contributed by atoms with Crippen LogP contribution < -0.4 is 10.6 Å². The molecule has 0 atom stereocenters. The van der Waals surface area contributed by atoms with Crippen molar-refractivity contribution in [3.05, 3.63) is 52.3 Å². The van der Waals surface area contributed by atoms with Gasteiger partial charge in [-0.2, -0.15) is 0 Å². The second-order valence-electron chi connectivity index (χ2n) is 5.24. The Hall–Kier alpha value is -2.67. The second kappa shape index (κ2) is 7.74. The minimum Gasteiger partial charge on any atom is -0.356 e. The van der Waals surface area contributed by atoms with Gasteiger partial charge in [0.25, 0.3) is 5.91 Å². The van der Waals surface area contributed by atoms with Crippen molar-refractivity contribution in [2.24, 2.45) is 0 Å². The third kappa shape index (κ3) is 3.99. The maximum Gasteiger partial charge on any atom is 0.261 e. The summed E-state index contributed by atoms with van der Waals surface area (Å²) in [6.45, 7) is 1.02. The number of thiophene rings is 1. The number of nitrogens with zero attached hydrogens (tertiary/aromatic N) is 1. The van der Waals surface area contributed by atoms with Gasteiger partial charge in [-0.15, -0.1) is 11.3 Å². The van der Waals surface area contributed by atoms with Gasteiger partial charge in [0.1, 0.15) is 5.69 Å². The lowest BCUT2D eigenvalue weighted by Gasteiger charge is -2.05. The summed E-state index contributed by atoms with van der Waals surface area (Å²) in [5.41, 5.74) is 1.31. The first-order valence-corrected chi connectivity index (χ1v) is 8.53. The molecule has 3 aromatic rings. The highest BCUT2D eigenvalue weighted by Gasteiger charge is 2.11. The molecule has 6 nitrogen and oxygen atoms in total. The Kier molecular flexibility index (Phi) is 5.22. The van der Waals surface area contributed by atoms with Gasteiger partial charge in [-0.05, 0) is 30.0 Å². The molecule has 0 saturated heterocycles. The number of para-hydroxylation sites is 1. The summed E-state index contributed by atoms with van der Waals surface area (Å²) in [4.78, 5) is 24.4. The summed E-state index contributed by atoms with van der Waals surface area (Å²) in [5, 5.41) is 12.3. The normalized spacial score (nSPS) is 10.7. The maximum atomic E-state index is 12.0. The number of hydrogen-bond acceptors (Lipinski definition) is 5. The van der Waals surface area contributed by atoms with E-state index < -0.39 is 0 Å². The Morgan fingerprint density at radius 2 is 1.92 bits per heavy atom. The van der Waals surface area contributed by atoms with Crippen molar-refractivity contribution < 1.29 is 14.1 Å². The van der Waals surface area contributed by atoms with Crippen LogP contribution in [-0.2, 0) is 11.2 Å². The van der Waals surface area contributed by atoms with Crippen LogP contribution in [0, 0.1) is 0 Å². The lowest BCUT2D eigenvalue weighted by molar-refractivity contribution is -0.120. The van der Waals surface area contributed by atoms with Crippen LogP contribution in [0.15, 0.2) is 46.3 Å². The van der Waals surface area contributed by atoms with E-state index in [1.807, 2.05) is 35.7 Å². The number of carbonyl (C=O) groups excluding carboxylic acids is 2. The summed E-state index contributed by atoms with van der Waals surface area (Å²) in [6.07, 6.45) is 0.848. The summed E-state index contributed by atoms with van der Waals surface area (Å²) < 4.78 is 5.18. The monoisotopic (exact) mass is 343 g/mol. The second-order valence-corrected chi connectivity index (χ2v) is 6.19. The third-order valence-corrected chi connectivity index (χ3v) is 4.36. The van der Waals surface area contributed by atoms with E-state index in [0.29, 0.717) is 35.7 Å². The summed E-state index contributed by atoms with van der Waals surface area (Å²) in [5.74, 6) is -0.191. The SMILES string of the molecule is O=C(Cc1noc2ccccc12)NCCCNC(=O)c1cccs1. The van der Waals surface area contributed by atoms with Crippen molar-refractivity contribution in [1.29, 1.82) is 0 Å². The maximum absolute atomic E-state index is 12.0. The number of benzene rings is 1. The van der Waals surface area contributed by atoms with E-state index in [1.54, 1.807) is 6.07 Å².